The summed E-state index contributed by atoms with van der Waals surface area (Å²) in [6.07, 6.45) is 1.79. The van der Waals surface area contributed by atoms with E-state index in [9.17, 15) is 0 Å². The van der Waals surface area contributed by atoms with E-state index in [0.717, 1.165) is 35.7 Å². The molecule has 2 rings (SSSR count). The number of rotatable bonds is 6. The molecule has 0 fully saturated rings. The predicted molar refractivity (Wildman–Crippen MR) is 84.9 cm³/mol. The Morgan fingerprint density at radius 1 is 1.19 bits per heavy atom. The molecule has 4 N–H and O–H groups in total. The number of nitrogens with zero attached hydrogens (tertiary/aromatic N) is 2. The highest BCUT2D eigenvalue weighted by Gasteiger charge is 2.05. The number of aryl methyl sites for hydroxylation is 2. The second-order valence-corrected chi connectivity index (χ2v) is 4.76. The van der Waals surface area contributed by atoms with Crippen molar-refractivity contribution in [1.29, 1.82) is 0 Å². The highest BCUT2D eigenvalue weighted by molar-refractivity contribution is 5.61. The fourth-order valence-corrected chi connectivity index (χ4v) is 2.07. The molecule has 0 amide bonds. The first kappa shape index (κ1) is 15.1. The Hall–Kier alpha value is -2.34. The maximum atomic E-state index is 5.45. The molecule has 6 heteroatoms. The van der Waals surface area contributed by atoms with Gasteiger partial charge in [0.25, 0.3) is 0 Å². The van der Waals surface area contributed by atoms with Gasteiger partial charge < -0.3 is 15.5 Å². The Morgan fingerprint density at radius 3 is 2.57 bits per heavy atom. The first-order valence-corrected chi connectivity index (χ1v) is 6.92. The summed E-state index contributed by atoms with van der Waals surface area (Å²) in [5.74, 6) is 8.39. The van der Waals surface area contributed by atoms with Crippen molar-refractivity contribution < 1.29 is 4.74 Å². The van der Waals surface area contributed by atoms with Crippen LogP contribution in [0.25, 0.3) is 0 Å². The average molecular weight is 287 g/mol. The molecule has 21 heavy (non-hydrogen) atoms. The Labute approximate surface area is 124 Å². The fraction of sp³-hybridized carbons (Fsp3) is 0.333. The Balaban J connectivity index is 2.25. The van der Waals surface area contributed by atoms with Crippen molar-refractivity contribution in [2.24, 2.45) is 5.84 Å². The lowest BCUT2D eigenvalue weighted by molar-refractivity contribution is 0.412. The number of nitrogens with two attached hydrogens (primary N) is 1. The molecule has 0 spiro atoms. The molecule has 0 bridgehead atoms. The number of methoxy groups -OCH3 is 1. The van der Waals surface area contributed by atoms with Crippen molar-refractivity contribution >= 4 is 17.3 Å². The zero-order valence-corrected chi connectivity index (χ0v) is 12.6. The molecule has 2 aromatic rings. The van der Waals surface area contributed by atoms with Crippen LogP contribution in [0.1, 0.15) is 24.7 Å². The van der Waals surface area contributed by atoms with Gasteiger partial charge in [-0.2, -0.15) is 0 Å². The van der Waals surface area contributed by atoms with Crippen LogP contribution in [0, 0.1) is 6.92 Å². The molecule has 0 aliphatic rings. The van der Waals surface area contributed by atoms with E-state index in [1.54, 1.807) is 13.2 Å². The number of hydrazine groups is 1. The van der Waals surface area contributed by atoms with Crippen LogP contribution in [0.2, 0.25) is 0 Å². The Bertz CT molecular complexity index is 615. The van der Waals surface area contributed by atoms with Crippen LogP contribution in [0.4, 0.5) is 17.3 Å². The van der Waals surface area contributed by atoms with Crippen LogP contribution in [-0.4, -0.2) is 17.1 Å². The van der Waals surface area contributed by atoms with Crippen LogP contribution < -0.4 is 21.3 Å². The summed E-state index contributed by atoms with van der Waals surface area (Å²) in [6.45, 7) is 4.09. The zero-order valence-electron chi connectivity index (χ0n) is 12.6. The van der Waals surface area contributed by atoms with E-state index in [4.69, 9.17) is 10.6 Å². The minimum Gasteiger partial charge on any atom is -0.496 e. The molecule has 0 saturated carbocycles. The summed E-state index contributed by atoms with van der Waals surface area (Å²) >= 11 is 0. The molecule has 1 aromatic carbocycles. The van der Waals surface area contributed by atoms with Crippen molar-refractivity contribution in [3.8, 4) is 5.75 Å². The van der Waals surface area contributed by atoms with Crippen molar-refractivity contribution in [3.63, 3.8) is 0 Å². The van der Waals surface area contributed by atoms with Gasteiger partial charge in [0.2, 0.25) is 0 Å². The summed E-state index contributed by atoms with van der Waals surface area (Å²) in [5.41, 5.74) is 4.57. The molecule has 1 heterocycles. The molecule has 0 radical (unpaired) electrons. The number of hydrogen-bond donors (Lipinski definition) is 3. The van der Waals surface area contributed by atoms with Gasteiger partial charge in [-0.3, -0.25) is 0 Å². The third kappa shape index (κ3) is 3.82. The number of ether oxygens (including phenoxy) is 1. The quantitative estimate of drug-likeness (QED) is 0.559. The maximum Gasteiger partial charge on any atom is 0.145 e. The van der Waals surface area contributed by atoms with Crippen molar-refractivity contribution in [2.45, 2.75) is 26.7 Å². The van der Waals surface area contributed by atoms with E-state index in [1.165, 1.54) is 0 Å². The number of aromatic nitrogens is 2. The summed E-state index contributed by atoms with van der Waals surface area (Å²) < 4.78 is 5.26. The third-order valence-corrected chi connectivity index (χ3v) is 3.06. The number of hydrogen-bond acceptors (Lipinski definition) is 6. The van der Waals surface area contributed by atoms with E-state index >= 15 is 0 Å². The second-order valence-electron chi connectivity index (χ2n) is 4.76. The first-order chi connectivity index (χ1) is 10.2. The Morgan fingerprint density at radius 2 is 1.95 bits per heavy atom. The van der Waals surface area contributed by atoms with Crippen molar-refractivity contribution in [1.82, 2.24) is 9.97 Å². The van der Waals surface area contributed by atoms with Gasteiger partial charge in [0.05, 0.1) is 7.11 Å². The number of anilines is 3. The summed E-state index contributed by atoms with van der Waals surface area (Å²) in [5, 5.41) is 3.27. The SMILES string of the molecule is CCCc1nc(NN)cc(Nc2ccc(OC)c(C)c2)n1. The smallest absolute Gasteiger partial charge is 0.145 e. The van der Waals surface area contributed by atoms with Gasteiger partial charge in [-0.05, 0) is 37.1 Å². The lowest BCUT2D eigenvalue weighted by Crippen LogP contribution is -2.11. The molecular weight excluding hydrogens is 266 g/mol. The number of nitrogen functional groups attached to an aromatic ring is 1. The van der Waals surface area contributed by atoms with Gasteiger partial charge in [-0.1, -0.05) is 6.92 Å². The number of nitrogens with one attached hydrogen (secondary N) is 2. The maximum absolute atomic E-state index is 5.45. The van der Waals surface area contributed by atoms with Gasteiger partial charge in [-0.15, -0.1) is 0 Å². The lowest BCUT2D eigenvalue weighted by atomic mass is 10.2. The van der Waals surface area contributed by atoms with E-state index < -0.39 is 0 Å². The zero-order chi connectivity index (χ0) is 15.2. The topological polar surface area (TPSA) is 85.1 Å². The molecule has 0 saturated heterocycles. The normalized spacial score (nSPS) is 10.3. The van der Waals surface area contributed by atoms with Crippen LogP contribution in [0.5, 0.6) is 5.75 Å². The van der Waals surface area contributed by atoms with E-state index in [-0.39, 0.29) is 0 Å². The summed E-state index contributed by atoms with van der Waals surface area (Å²) in [6, 6.07) is 7.66. The second kappa shape index (κ2) is 6.90. The van der Waals surface area contributed by atoms with Crippen molar-refractivity contribution in [2.75, 3.05) is 17.9 Å². The van der Waals surface area contributed by atoms with Gasteiger partial charge in [0, 0.05) is 18.2 Å². The largest absolute Gasteiger partial charge is 0.496 e. The van der Waals surface area contributed by atoms with Gasteiger partial charge in [0.1, 0.15) is 23.2 Å². The predicted octanol–water partition coefficient (Wildman–Crippen LogP) is 2.78. The summed E-state index contributed by atoms with van der Waals surface area (Å²) in [4.78, 5) is 8.81. The molecule has 0 atom stereocenters. The van der Waals surface area contributed by atoms with E-state index in [0.29, 0.717) is 11.6 Å². The molecule has 0 aliphatic carbocycles. The number of benzene rings is 1. The minimum absolute atomic E-state index is 0.598. The molecule has 0 aliphatic heterocycles. The Kier molecular flexibility index (Phi) is 4.94. The van der Waals surface area contributed by atoms with Crippen molar-refractivity contribution in [3.05, 3.63) is 35.7 Å². The van der Waals surface area contributed by atoms with Gasteiger partial charge in [-0.25, -0.2) is 15.8 Å². The first-order valence-electron chi connectivity index (χ1n) is 6.92. The highest BCUT2D eigenvalue weighted by atomic mass is 16.5. The lowest BCUT2D eigenvalue weighted by Gasteiger charge is -2.11. The molecule has 0 unspecified atom stereocenters. The van der Waals surface area contributed by atoms with Crippen LogP contribution in [0.3, 0.4) is 0 Å². The minimum atomic E-state index is 0.598. The van der Waals surface area contributed by atoms with E-state index in [2.05, 4.69) is 27.6 Å². The highest BCUT2D eigenvalue weighted by Crippen LogP contribution is 2.24. The molecule has 6 nitrogen and oxygen atoms in total. The van der Waals surface area contributed by atoms with Crippen LogP contribution in [-0.2, 0) is 6.42 Å². The molecule has 1 aromatic heterocycles. The van der Waals surface area contributed by atoms with Gasteiger partial charge in [0.15, 0.2) is 0 Å². The molecular formula is C15H21N5O. The standard InChI is InChI=1S/C15H21N5O/c1-4-5-13-18-14(9-15(19-13)20-16)17-11-6-7-12(21-3)10(2)8-11/h6-9H,4-5,16H2,1-3H3,(H2,17,18,19,20). The van der Waals surface area contributed by atoms with Crippen LogP contribution >= 0.6 is 0 Å². The third-order valence-electron chi connectivity index (χ3n) is 3.06. The fourth-order valence-electron chi connectivity index (χ4n) is 2.07. The van der Waals surface area contributed by atoms with Gasteiger partial charge >= 0.3 is 0 Å². The van der Waals surface area contributed by atoms with E-state index in [1.807, 2.05) is 25.1 Å². The van der Waals surface area contributed by atoms with Crippen LogP contribution in [0.15, 0.2) is 24.3 Å². The monoisotopic (exact) mass is 287 g/mol. The average Bonchev–Trinajstić information content (AvgIpc) is 2.47. The molecule has 112 valence electrons. The summed E-state index contributed by atoms with van der Waals surface area (Å²) in [7, 11) is 1.66.